The van der Waals surface area contributed by atoms with Crippen molar-refractivity contribution in [3.05, 3.63) is 12.4 Å². The van der Waals surface area contributed by atoms with E-state index in [1.54, 1.807) is 11.0 Å². The Kier molecular flexibility index (Phi) is 3.96. The fourth-order valence-corrected chi connectivity index (χ4v) is 2.03. The monoisotopic (exact) mass is 279 g/mol. The van der Waals surface area contributed by atoms with Crippen LogP contribution in [-0.4, -0.2) is 45.7 Å². The molecule has 2 heterocycles. The Bertz CT molecular complexity index is 486. The molecule has 1 atom stereocenters. The molecule has 110 valence electrons. The molecule has 2 rings (SSSR count). The van der Waals surface area contributed by atoms with Crippen LogP contribution in [0.1, 0.15) is 27.2 Å². The van der Waals surface area contributed by atoms with Crippen molar-refractivity contribution in [2.24, 2.45) is 0 Å². The SMILES string of the molecule is CC(C)(C)OC(=O)N1CCC(Nc2cc(N)ncn2)C1. The predicted octanol–water partition coefficient (Wildman–Crippen LogP) is 1.48. The zero-order valence-electron chi connectivity index (χ0n) is 12.1. The molecular weight excluding hydrogens is 258 g/mol. The number of nitrogens with one attached hydrogen (secondary N) is 1. The van der Waals surface area contributed by atoms with Gasteiger partial charge < -0.3 is 20.7 Å². The molecule has 1 aliphatic heterocycles. The van der Waals surface area contributed by atoms with Gasteiger partial charge in [-0.25, -0.2) is 14.8 Å². The molecule has 0 saturated carbocycles. The van der Waals surface area contributed by atoms with Gasteiger partial charge in [-0.1, -0.05) is 0 Å². The summed E-state index contributed by atoms with van der Waals surface area (Å²) in [6.07, 6.45) is 1.99. The van der Waals surface area contributed by atoms with Crippen molar-refractivity contribution in [3.8, 4) is 0 Å². The number of carbonyl (C=O) groups is 1. The lowest BCUT2D eigenvalue weighted by atomic mass is 10.2. The van der Waals surface area contributed by atoms with Gasteiger partial charge >= 0.3 is 6.09 Å². The molecule has 0 bridgehead atoms. The van der Waals surface area contributed by atoms with Crippen molar-refractivity contribution in [1.82, 2.24) is 14.9 Å². The molecule has 1 unspecified atom stereocenters. The molecule has 1 amide bonds. The van der Waals surface area contributed by atoms with Gasteiger partial charge in [0.15, 0.2) is 0 Å². The summed E-state index contributed by atoms with van der Waals surface area (Å²) in [5.41, 5.74) is 5.13. The first-order valence-corrected chi connectivity index (χ1v) is 6.65. The Hall–Kier alpha value is -2.05. The smallest absolute Gasteiger partial charge is 0.410 e. The first kappa shape index (κ1) is 14.4. The highest BCUT2D eigenvalue weighted by Gasteiger charge is 2.29. The van der Waals surface area contributed by atoms with Crippen LogP contribution in [0.15, 0.2) is 12.4 Å². The number of amides is 1. The summed E-state index contributed by atoms with van der Waals surface area (Å²) >= 11 is 0. The third kappa shape index (κ3) is 3.97. The predicted molar refractivity (Wildman–Crippen MR) is 76.3 cm³/mol. The average molecular weight is 279 g/mol. The number of nitrogen functional groups attached to an aromatic ring is 1. The molecule has 1 aromatic heterocycles. The van der Waals surface area contributed by atoms with E-state index in [0.29, 0.717) is 24.7 Å². The third-order valence-electron chi connectivity index (χ3n) is 2.88. The highest BCUT2D eigenvalue weighted by atomic mass is 16.6. The Labute approximate surface area is 118 Å². The number of aromatic nitrogens is 2. The molecule has 1 fully saturated rings. The molecular formula is C13H21N5O2. The minimum atomic E-state index is -0.469. The van der Waals surface area contributed by atoms with Crippen LogP contribution in [0.25, 0.3) is 0 Å². The topological polar surface area (TPSA) is 93.4 Å². The van der Waals surface area contributed by atoms with Crippen LogP contribution in [0.5, 0.6) is 0 Å². The molecule has 0 aliphatic carbocycles. The quantitative estimate of drug-likeness (QED) is 0.851. The Morgan fingerprint density at radius 2 is 2.25 bits per heavy atom. The Morgan fingerprint density at radius 1 is 1.50 bits per heavy atom. The van der Waals surface area contributed by atoms with Crippen LogP contribution < -0.4 is 11.1 Å². The zero-order valence-corrected chi connectivity index (χ0v) is 12.1. The highest BCUT2D eigenvalue weighted by molar-refractivity contribution is 5.68. The summed E-state index contributed by atoms with van der Waals surface area (Å²) < 4.78 is 5.35. The molecule has 0 spiro atoms. The molecule has 7 nitrogen and oxygen atoms in total. The molecule has 20 heavy (non-hydrogen) atoms. The molecule has 0 radical (unpaired) electrons. The minimum absolute atomic E-state index is 0.150. The minimum Gasteiger partial charge on any atom is -0.444 e. The fraction of sp³-hybridized carbons (Fsp3) is 0.615. The van der Waals surface area contributed by atoms with Crippen molar-refractivity contribution >= 4 is 17.7 Å². The summed E-state index contributed by atoms with van der Waals surface area (Å²) in [6, 6.07) is 1.83. The summed E-state index contributed by atoms with van der Waals surface area (Å²) in [5.74, 6) is 1.10. The van der Waals surface area contributed by atoms with E-state index >= 15 is 0 Å². The zero-order chi connectivity index (χ0) is 14.8. The normalized spacial score (nSPS) is 18.9. The van der Waals surface area contributed by atoms with Crippen molar-refractivity contribution in [2.75, 3.05) is 24.1 Å². The number of ether oxygens (including phenoxy) is 1. The number of likely N-dealkylation sites (tertiary alicyclic amines) is 1. The highest BCUT2D eigenvalue weighted by Crippen LogP contribution is 2.18. The molecule has 0 aromatic carbocycles. The molecule has 1 aliphatic rings. The maximum absolute atomic E-state index is 11.9. The van der Waals surface area contributed by atoms with Gasteiger partial charge in [-0.2, -0.15) is 0 Å². The van der Waals surface area contributed by atoms with E-state index in [9.17, 15) is 4.79 Å². The second-order valence-electron chi connectivity index (χ2n) is 5.88. The van der Waals surface area contributed by atoms with Crippen LogP contribution in [0.4, 0.5) is 16.4 Å². The van der Waals surface area contributed by atoms with Crippen molar-refractivity contribution in [3.63, 3.8) is 0 Å². The van der Waals surface area contributed by atoms with Crippen molar-refractivity contribution in [1.29, 1.82) is 0 Å². The first-order valence-electron chi connectivity index (χ1n) is 6.65. The van der Waals surface area contributed by atoms with Crippen molar-refractivity contribution < 1.29 is 9.53 Å². The van der Waals surface area contributed by atoms with Crippen molar-refractivity contribution in [2.45, 2.75) is 38.8 Å². The standard InChI is InChI=1S/C13H21N5O2/c1-13(2,3)20-12(19)18-5-4-9(7-18)17-11-6-10(14)15-8-16-11/h6,8-9H,4-5,7H2,1-3H3,(H3,14,15,16,17). The second-order valence-corrected chi connectivity index (χ2v) is 5.88. The van der Waals surface area contributed by atoms with Gasteiger partial charge in [-0.3, -0.25) is 0 Å². The second kappa shape index (κ2) is 5.52. The Balaban J connectivity index is 1.88. The lowest BCUT2D eigenvalue weighted by molar-refractivity contribution is 0.0293. The largest absolute Gasteiger partial charge is 0.444 e. The van der Waals surface area contributed by atoms with Crippen LogP contribution in [-0.2, 0) is 4.74 Å². The fourth-order valence-electron chi connectivity index (χ4n) is 2.03. The number of anilines is 2. The lowest BCUT2D eigenvalue weighted by Crippen LogP contribution is -2.36. The molecule has 3 N–H and O–H groups in total. The Morgan fingerprint density at radius 3 is 2.90 bits per heavy atom. The maximum Gasteiger partial charge on any atom is 0.410 e. The molecule has 7 heteroatoms. The van der Waals surface area contributed by atoms with Gasteiger partial charge in [0, 0.05) is 25.2 Å². The van der Waals surface area contributed by atoms with E-state index < -0.39 is 5.60 Å². The summed E-state index contributed by atoms with van der Waals surface area (Å²) in [5, 5.41) is 3.25. The van der Waals surface area contributed by atoms with Gasteiger partial charge in [0.1, 0.15) is 23.6 Å². The summed E-state index contributed by atoms with van der Waals surface area (Å²) in [7, 11) is 0. The van der Waals surface area contributed by atoms with Gasteiger partial charge in [-0.05, 0) is 27.2 Å². The van der Waals surface area contributed by atoms with Gasteiger partial charge in [-0.15, -0.1) is 0 Å². The van der Waals surface area contributed by atoms with E-state index in [-0.39, 0.29) is 12.1 Å². The van der Waals surface area contributed by atoms with Gasteiger partial charge in [0.25, 0.3) is 0 Å². The first-order chi connectivity index (χ1) is 9.33. The maximum atomic E-state index is 11.9. The van der Waals surface area contributed by atoms with E-state index in [4.69, 9.17) is 10.5 Å². The summed E-state index contributed by atoms with van der Waals surface area (Å²) in [6.45, 7) is 6.85. The number of carbonyl (C=O) groups excluding carboxylic acids is 1. The molecule has 1 saturated heterocycles. The average Bonchev–Trinajstić information content (AvgIpc) is 2.75. The third-order valence-corrected chi connectivity index (χ3v) is 2.88. The van der Waals surface area contributed by atoms with E-state index in [1.165, 1.54) is 6.33 Å². The van der Waals surface area contributed by atoms with Gasteiger partial charge in [0.2, 0.25) is 0 Å². The summed E-state index contributed by atoms with van der Waals surface area (Å²) in [4.78, 5) is 21.6. The molecule has 1 aromatic rings. The number of hydrogen-bond donors (Lipinski definition) is 2. The number of rotatable bonds is 2. The van der Waals surface area contributed by atoms with Crippen LogP contribution in [0.2, 0.25) is 0 Å². The van der Waals surface area contributed by atoms with Gasteiger partial charge in [0.05, 0.1) is 0 Å². The number of hydrogen-bond acceptors (Lipinski definition) is 6. The lowest BCUT2D eigenvalue weighted by Gasteiger charge is -2.24. The van der Waals surface area contributed by atoms with E-state index in [0.717, 1.165) is 6.42 Å². The van der Waals surface area contributed by atoms with Crippen LogP contribution in [0, 0.1) is 0 Å². The van der Waals surface area contributed by atoms with Crippen LogP contribution >= 0.6 is 0 Å². The van der Waals surface area contributed by atoms with E-state index in [2.05, 4.69) is 15.3 Å². The van der Waals surface area contributed by atoms with E-state index in [1.807, 2.05) is 20.8 Å². The number of nitrogens with two attached hydrogens (primary N) is 1. The van der Waals surface area contributed by atoms with Crippen LogP contribution in [0.3, 0.4) is 0 Å². The number of nitrogens with zero attached hydrogens (tertiary/aromatic N) is 3.